The number of para-hydroxylation sites is 1. The van der Waals surface area contributed by atoms with Crippen LogP contribution in [0.2, 0.25) is 0 Å². The Balaban J connectivity index is 1.95. The maximum Gasteiger partial charge on any atom is 0.326 e. The Morgan fingerprint density at radius 3 is 2.62 bits per heavy atom. The number of carbonyl (C=O) groups is 1. The average molecular weight is 329 g/mol. The predicted molar refractivity (Wildman–Crippen MR) is 68.3 cm³/mol. The van der Waals surface area contributed by atoms with Crippen molar-refractivity contribution in [3.05, 3.63) is 40.1 Å². The topological polar surface area (TPSA) is 67.2 Å². The first-order chi connectivity index (χ1) is 7.74. The number of amides is 2. The first-order valence-corrected chi connectivity index (χ1v) is 5.57. The molecule has 0 saturated carbocycles. The van der Waals surface area contributed by atoms with E-state index in [2.05, 4.69) is 15.8 Å². The largest absolute Gasteiger partial charge is 0.337 e. The van der Waals surface area contributed by atoms with Crippen molar-refractivity contribution in [1.29, 1.82) is 0 Å². The molecule has 5 nitrogen and oxygen atoms in total. The number of anilines is 2. The van der Waals surface area contributed by atoms with Crippen LogP contribution in [0, 0.1) is 3.70 Å². The van der Waals surface area contributed by atoms with Crippen LogP contribution in [-0.4, -0.2) is 11.2 Å². The van der Waals surface area contributed by atoms with Gasteiger partial charge in [0.2, 0.25) is 5.88 Å². The first kappa shape index (κ1) is 10.9. The number of urea groups is 1. The van der Waals surface area contributed by atoms with Gasteiger partial charge < -0.3 is 9.84 Å². The molecule has 1 heterocycles. The Morgan fingerprint density at radius 2 is 2.00 bits per heavy atom. The second kappa shape index (κ2) is 4.97. The van der Waals surface area contributed by atoms with Crippen LogP contribution in [0.25, 0.3) is 0 Å². The summed E-state index contributed by atoms with van der Waals surface area (Å²) >= 11 is 1.99. The summed E-state index contributed by atoms with van der Waals surface area (Å²) in [5.74, 6) is 0.317. The Kier molecular flexibility index (Phi) is 3.40. The van der Waals surface area contributed by atoms with Crippen molar-refractivity contribution in [3.8, 4) is 0 Å². The van der Waals surface area contributed by atoms with E-state index in [9.17, 15) is 4.79 Å². The number of nitrogens with zero attached hydrogens (tertiary/aromatic N) is 1. The monoisotopic (exact) mass is 329 g/mol. The van der Waals surface area contributed by atoms with Crippen LogP contribution in [0.1, 0.15) is 0 Å². The third-order valence-electron chi connectivity index (χ3n) is 1.75. The number of nitrogens with one attached hydrogen (secondary N) is 2. The van der Waals surface area contributed by atoms with Gasteiger partial charge in [-0.3, -0.25) is 5.32 Å². The maximum absolute atomic E-state index is 11.5. The van der Waals surface area contributed by atoms with Crippen LogP contribution >= 0.6 is 22.6 Å². The smallest absolute Gasteiger partial charge is 0.326 e. The van der Waals surface area contributed by atoms with E-state index >= 15 is 0 Å². The van der Waals surface area contributed by atoms with Crippen molar-refractivity contribution >= 4 is 40.2 Å². The van der Waals surface area contributed by atoms with Crippen LogP contribution in [0.3, 0.4) is 0 Å². The van der Waals surface area contributed by atoms with Gasteiger partial charge in [-0.15, -0.1) is 0 Å². The minimum Gasteiger partial charge on any atom is -0.337 e. The minimum absolute atomic E-state index is 0.317. The van der Waals surface area contributed by atoms with Crippen LogP contribution in [-0.2, 0) is 0 Å². The van der Waals surface area contributed by atoms with Crippen molar-refractivity contribution in [3.63, 3.8) is 0 Å². The molecule has 2 rings (SSSR count). The van der Waals surface area contributed by atoms with E-state index in [1.54, 1.807) is 18.2 Å². The lowest BCUT2D eigenvalue weighted by Crippen LogP contribution is -2.18. The van der Waals surface area contributed by atoms with Gasteiger partial charge in [0.05, 0.1) is 0 Å². The third-order valence-corrected chi connectivity index (χ3v) is 2.26. The Morgan fingerprint density at radius 1 is 1.25 bits per heavy atom. The van der Waals surface area contributed by atoms with Crippen molar-refractivity contribution in [2.24, 2.45) is 0 Å². The molecule has 0 saturated heterocycles. The van der Waals surface area contributed by atoms with Gasteiger partial charge in [-0.25, -0.2) is 4.79 Å². The third kappa shape index (κ3) is 2.96. The molecule has 1 aromatic carbocycles. The number of halogens is 1. The number of hydrogen-bond acceptors (Lipinski definition) is 3. The summed E-state index contributed by atoms with van der Waals surface area (Å²) in [6, 6.07) is 10.4. The van der Waals surface area contributed by atoms with Gasteiger partial charge in [0, 0.05) is 11.8 Å². The zero-order chi connectivity index (χ0) is 11.4. The molecule has 0 aliphatic heterocycles. The highest BCUT2D eigenvalue weighted by Crippen LogP contribution is 2.12. The van der Waals surface area contributed by atoms with E-state index in [-0.39, 0.29) is 6.03 Å². The fraction of sp³-hybridized carbons (Fsp3) is 0. The fourth-order valence-electron chi connectivity index (χ4n) is 1.11. The molecule has 2 amide bonds. The Bertz CT molecular complexity index is 484. The summed E-state index contributed by atoms with van der Waals surface area (Å²) in [4.78, 5) is 11.5. The molecule has 0 fully saturated rings. The second-order valence-corrected chi connectivity index (χ2v) is 4.06. The second-order valence-electron chi connectivity index (χ2n) is 2.96. The molecule has 0 unspecified atom stereocenters. The molecule has 0 aliphatic carbocycles. The highest BCUT2D eigenvalue weighted by atomic mass is 127. The predicted octanol–water partition coefficient (Wildman–Crippen LogP) is 2.92. The van der Waals surface area contributed by atoms with Gasteiger partial charge in [-0.05, 0) is 34.7 Å². The van der Waals surface area contributed by atoms with E-state index in [0.717, 1.165) is 0 Å². The molecule has 0 spiro atoms. The zero-order valence-corrected chi connectivity index (χ0v) is 10.3. The summed E-state index contributed by atoms with van der Waals surface area (Å²) in [7, 11) is 0. The van der Waals surface area contributed by atoms with Crippen LogP contribution in [0.5, 0.6) is 0 Å². The molecular weight excluding hydrogens is 321 g/mol. The van der Waals surface area contributed by atoms with Crippen molar-refractivity contribution < 1.29 is 9.32 Å². The summed E-state index contributed by atoms with van der Waals surface area (Å²) in [5.41, 5.74) is 0.717. The molecule has 1 aromatic heterocycles. The van der Waals surface area contributed by atoms with Gasteiger partial charge in [0.25, 0.3) is 0 Å². The Hall–Kier alpha value is -1.57. The van der Waals surface area contributed by atoms with Crippen LogP contribution < -0.4 is 10.6 Å². The highest BCUT2D eigenvalue weighted by molar-refractivity contribution is 14.1. The number of benzene rings is 1. The molecule has 6 heteroatoms. The molecular formula is C10H8IN3O2. The molecule has 16 heavy (non-hydrogen) atoms. The summed E-state index contributed by atoms with van der Waals surface area (Å²) < 4.78 is 5.53. The quantitative estimate of drug-likeness (QED) is 0.833. The van der Waals surface area contributed by atoms with Crippen LogP contribution in [0.4, 0.5) is 16.4 Å². The molecule has 2 aromatic rings. The lowest BCUT2D eigenvalue weighted by molar-refractivity contribution is 0.261. The normalized spacial score (nSPS) is 9.81. The van der Waals surface area contributed by atoms with Gasteiger partial charge in [0.15, 0.2) is 0 Å². The molecule has 0 aliphatic rings. The number of carbonyl (C=O) groups excluding carboxylic acids is 1. The molecule has 2 N–H and O–H groups in total. The van der Waals surface area contributed by atoms with Gasteiger partial charge >= 0.3 is 6.03 Å². The summed E-state index contributed by atoms with van der Waals surface area (Å²) in [6.07, 6.45) is 0. The number of rotatable bonds is 2. The Labute approximate surface area is 105 Å². The lowest BCUT2D eigenvalue weighted by atomic mass is 10.3. The number of hydrogen-bond donors (Lipinski definition) is 2. The molecule has 82 valence electrons. The molecule has 0 radical (unpaired) electrons. The molecule has 0 atom stereocenters. The summed E-state index contributed by atoms with van der Waals surface area (Å²) in [6.45, 7) is 0. The standard InChI is InChI=1S/C10H8IN3O2/c11-8-6-9(16-14-8)13-10(15)12-7-4-2-1-3-5-7/h1-6H,(H2,12,13,15). The van der Waals surface area contributed by atoms with Gasteiger partial charge in [-0.1, -0.05) is 23.4 Å². The van der Waals surface area contributed by atoms with E-state index in [0.29, 0.717) is 15.3 Å². The van der Waals surface area contributed by atoms with Gasteiger partial charge in [0.1, 0.15) is 3.70 Å². The molecule has 0 bridgehead atoms. The average Bonchev–Trinajstić information content (AvgIpc) is 2.65. The van der Waals surface area contributed by atoms with Gasteiger partial charge in [-0.2, -0.15) is 0 Å². The number of aromatic nitrogens is 1. The van der Waals surface area contributed by atoms with E-state index < -0.39 is 0 Å². The lowest BCUT2D eigenvalue weighted by Gasteiger charge is -2.03. The van der Waals surface area contributed by atoms with E-state index in [4.69, 9.17) is 4.52 Å². The minimum atomic E-state index is -0.362. The van der Waals surface area contributed by atoms with Crippen LogP contribution in [0.15, 0.2) is 40.9 Å². The van der Waals surface area contributed by atoms with Crippen molar-refractivity contribution in [2.75, 3.05) is 10.6 Å². The maximum atomic E-state index is 11.5. The van der Waals surface area contributed by atoms with Crippen molar-refractivity contribution in [1.82, 2.24) is 5.16 Å². The van der Waals surface area contributed by atoms with Crippen molar-refractivity contribution in [2.45, 2.75) is 0 Å². The van der Waals surface area contributed by atoms with E-state index in [1.165, 1.54) is 0 Å². The SMILES string of the molecule is O=C(Nc1ccccc1)Nc1cc(I)no1. The fourth-order valence-corrected chi connectivity index (χ4v) is 1.49. The van der Waals surface area contributed by atoms with E-state index in [1.807, 2.05) is 40.8 Å². The zero-order valence-electron chi connectivity index (χ0n) is 8.11. The summed E-state index contributed by atoms with van der Waals surface area (Å²) in [5, 5.41) is 8.83. The highest BCUT2D eigenvalue weighted by Gasteiger charge is 2.06. The first-order valence-electron chi connectivity index (χ1n) is 4.49.